The van der Waals surface area contributed by atoms with Gasteiger partial charge in [0.05, 0.1) is 0 Å². The molecule has 0 aliphatic carbocycles. The van der Waals surface area contributed by atoms with E-state index in [0.717, 1.165) is 5.56 Å². The number of ether oxygens (including phenoxy) is 2. The number of carbonyl (C=O) groups is 2. The molecule has 0 aliphatic rings. The zero-order valence-corrected chi connectivity index (χ0v) is 19.6. The minimum Gasteiger partial charge on any atom is -0.410 e. The van der Waals surface area contributed by atoms with Gasteiger partial charge in [-0.2, -0.15) is 0 Å². The highest BCUT2D eigenvalue weighted by Crippen LogP contribution is 2.37. The van der Waals surface area contributed by atoms with Gasteiger partial charge in [-0.15, -0.1) is 0 Å². The van der Waals surface area contributed by atoms with Crippen LogP contribution < -0.4 is 31.6 Å². The third kappa shape index (κ3) is 8.25. The lowest BCUT2D eigenvalue weighted by atomic mass is 9.98. The Balaban J connectivity index is 2.46. The van der Waals surface area contributed by atoms with E-state index >= 15 is 0 Å². The molecule has 0 spiro atoms. The Kier molecular flexibility index (Phi) is 9.90. The molecule has 2 atom stereocenters. The molecule has 6 N–H and O–H groups in total. The highest BCUT2D eigenvalue weighted by Gasteiger charge is 2.21. The number of hydrogen-bond acceptors (Lipinski definition) is 6. The van der Waals surface area contributed by atoms with E-state index in [2.05, 4.69) is 10.6 Å². The molecule has 2 unspecified atom stereocenters. The van der Waals surface area contributed by atoms with Gasteiger partial charge in [-0.05, 0) is 43.0 Å². The van der Waals surface area contributed by atoms with Crippen LogP contribution in [0.15, 0.2) is 42.5 Å². The standard InChI is InChI=1S/C25H34N4O4/c1-16(2)23-21(32-24(30)28-17(3)14-26)12-20(11-10-19-8-6-5-7-9-19)13-22(23)33-25(31)29-18(4)15-27/h5-13,16-18H,14-15,26-27H2,1-4H3,(H,28,30)(H,29,31)/b11-10+. The van der Waals surface area contributed by atoms with Crippen LogP contribution >= 0.6 is 0 Å². The van der Waals surface area contributed by atoms with Gasteiger partial charge in [-0.1, -0.05) is 56.3 Å². The molecule has 8 nitrogen and oxygen atoms in total. The van der Waals surface area contributed by atoms with Crippen LogP contribution in [-0.2, 0) is 0 Å². The molecule has 2 aromatic carbocycles. The van der Waals surface area contributed by atoms with E-state index in [1.165, 1.54) is 0 Å². The van der Waals surface area contributed by atoms with Crippen LogP contribution in [0.1, 0.15) is 50.3 Å². The van der Waals surface area contributed by atoms with Crippen molar-refractivity contribution in [2.75, 3.05) is 13.1 Å². The van der Waals surface area contributed by atoms with Crippen LogP contribution in [0.25, 0.3) is 12.2 Å². The maximum absolute atomic E-state index is 12.4. The van der Waals surface area contributed by atoms with Crippen molar-refractivity contribution in [1.29, 1.82) is 0 Å². The zero-order chi connectivity index (χ0) is 24.4. The minimum absolute atomic E-state index is 0.0957. The van der Waals surface area contributed by atoms with E-state index in [-0.39, 0.29) is 31.1 Å². The van der Waals surface area contributed by atoms with Gasteiger partial charge in [0, 0.05) is 30.7 Å². The topological polar surface area (TPSA) is 129 Å². The van der Waals surface area contributed by atoms with Crippen molar-refractivity contribution in [1.82, 2.24) is 10.6 Å². The van der Waals surface area contributed by atoms with Crippen molar-refractivity contribution < 1.29 is 19.1 Å². The molecule has 0 heterocycles. The second kappa shape index (κ2) is 12.6. The van der Waals surface area contributed by atoms with Gasteiger partial charge in [0.2, 0.25) is 0 Å². The summed E-state index contributed by atoms with van der Waals surface area (Å²) in [5, 5.41) is 5.35. The average molecular weight is 455 g/mol. The molecule has 0 fully saturated rings. The lowest BCUT2D eigenvalue weighted by Crippen LogP contribution is -2.40. The van der Waals surface area contributed by atoms with E-state index in [1.807, 2.05) is 56.3 Å². The first-order valence-corrected chi connectivity index (χ1v) is 11.0. The summed E-state index contributed by atoms with van der Waals surface area (Å²) < 4.78 is 11.3. The van der Waals surface area contributed by atoms with Crippen molar-refractivity contribution in [2.24, 2.45) is 11.5 Å². The number of rotatable bonds is 9. The number of hydrogen-bond donors (Lipinski definition) is 4. The van der Waals surface area contributed by atoms with Crippen molar-refractivity contribution >= 4 is 24.3 Å². The molecular formula is C25H34N4O4. The summed E-state index contributed by atoms with van der Waals surface area (Å²) in [7, 11) is 0. The SMILES string of the molecule is CC(CN)NC(=O)Oc1cc(/C=C/c2ccccc2)cc(OC(=O)NC(C)CN)c1C(C)C. The van der Waals surface area contributed by atoms with Gasteiger partial charge in [0.1, 0.15) is 11.5 Å². The number of carbonyl (C=O) groups excluding carboxylic acids is 2. The predicted molar refractivity (Wildman–Crippen MR) is 131 cm³/mol. The van der Waals surface area contributed by atoms with E-state index < -0.39 is 12.2 Å². The van der Waals surface area contributed by atoms with Gasteiger partial charge >= 0.3 is 12.2 Å². The second-order valence-electron chi connectivity index (χ2n) is 8.17. The molecule has 0 radical (unpaired) electrons. The summed E-state index contributed by atoms with van der Waals surface area (Å²) in [6, 6.07) is 12.8. The maximum atomic E-state index is 12.4. The van der Waals surface area contributed by atoms with Crippen LogP contribution in [0.5, 0.6) is 11.5 Å². The van der Waals surface area contributed by atoms with Gasteiger partial charge in [0.15, 0.2) is 0 Å². The first-order chi connectivity index (χ1) is 15.7. The van der Waals surface area contributed by atoms with Crippen LogP contribution in [0.4, 0.5) is 9.59 Å². The lowest BCUT2D eigenvalue weighted by Gasteiger charge is -2.20. The van der Waals surface area contributed by atoms with Crippen molar-refractivity contribution in [3.63, 3.8) is 0 Å². The summed E-state index contributed by atoms with van der Waals surface area (Å²) >= 11 is 0. The van der Waals surface area contributed by atoms with Crippen LogP contribution in [0.3, 0.4) is 0 Å². The Hall–Kier alpha value is -3.36. The Morgan fingerprint density at radius 1 is 0.818 bits per heavy atom. The van der Waals surface area contributed by atoms with E-state index in [1.54, 1.807) is 26.0 Å². The van der Waals surface area contributed by atoms with Crippen LogP contribution in [0.2, 0.25) is 0 Å². The quantitative estimate of drug-likeness (QED) is 0.426. The van der Waals surface area contributed by atoms with Crippen molar-refractivity contribution in [3.05, 3.63) is 59.2 Å². The van der Waals surface area contributed by atoms with E-state index in [9.17, 15) is 9.59 Å². The van der Waals surface area contributed by atoms with Crippen molar-refractivity contribution in [3.8, 4) is 11.5 Å². The zero-order valence-electron chi connectivity index (χ0n) is 19.6. The largest absolute Gasteiger partial charge is 0.412 e. The van der Waals surface area contributed by atoms with Gasteiger partial charge < -0.3 is 31.6 Å². The Labute approximate surface area is 195 Å². The monoisotopic (exact) mass is 454 g/mol. The highest BCUT2D eigenvalue weighted by molar-refractivity contribution is 5.77. The summed E-state index contributed by atoms with van der Waals surface area (Å²) in [5.41, 5.74) is 13.5. The maximum Gasteiger partial charge on any atom is 0.412 e. The lowest BCUT2D eigenvalue weighted by molar-refractivity contribution is 0.194. The molecule has 2 amide bonds. The molecule has 0 saturated heterocycles. The van der Waals surface area contributed by atoms with Crippen molar-refractivity contribution in [2.45, 2.75) is 45.7 Å². The van der Waals surface area contributed by atoms with Gasteiger partial charge in [0.25, 0.3) is 0 Å². The highest BCUT2D eigenvalue weighted by atomic mass is 16.6. The first-order valence-electron chi connectivity index (χ1n) is 11.0. The molecule has 33 heavy (non-hydrogen) atoms. The molecule has 0 aromatic heterocycles. The molecular weight excluding hydrogens is 420 g/mol. The fourth-order valence-electron chi connectivity index (χ4n) is 2.99. The number of nitrogens with one attached hydrogen (secondary N) is 2. The summed E-state index contributed by atoms with van der Waals surface area (Å²) in [6.45, 7) is 7.96. The molecule has 8 heteroatoms. The predicted octanol–water partition coefficient (Wildman–Crippen LogP) is 3.85. The van der Waals surface area contributed by atoms with Gasteiger partial charge in [-0.25, -0.2) is 9.59 Å². The number of benzene rings is 2. The van der Waals surface area contributed by atoms with Gasteiger partial charge in [-0.3, -0.25) is 0 Å². The summed E-state index contributed by atoms with van der Waals surface area (Å²) in [6.07, 6.45) is 2.52. The van der Waals surface area contributed by atoms with Crippen LogP contribution in [-0.4, -0.2) is 37.4 Å². The fraction of sp³-hybridized carbons (Fsp3) is 0.360. The van der Waals surface area contributed by atoms with E-state index in [0.29, 0.717) is 22.6 Å². The van der Waals surface area contributed by atoms with Crippen LogP contribution in [0, 0.1) is 0 Å². The summed E-state index contributed by atoms with van der Waals surface area (Å²) in [4.78, 5) is 24.8. The minimum atomic E-state index is -0.633. The normalized spacial score (nSPS) is 12.9. The Morgan fingerprint density at radius 3 is 1.70 bits per heavy atom. The Bertz CT molecular complexity index is 913. The molecule has 0 bridgehead atoms. The third-order valence-electron chi connectivity index (χ3n) is 4.81. The number of nitrogens with two attached hydrogens (primary N) is 2. The third-order valence-corrected chi connectivity index (χ3v) is 4.81. The molecule has 2 rings (SSSR count). The second-order valence-corrected chi connectivity index (χ2v) is 8.17. The molecule has 0 aliphatic heterocycles. The fourth-order valence-corrected chi connectivity index (χ4v) is 2.99. The smallest absolute Gasteiger partial charge is 0.410 e. The molecule has 178 valence electrons. The molecule has 2 aromatic rings. The average Bonchev–Trinajstić information content (AvgIpc) is 2.77. The molecule has 0 saturated carbocycles. The Morgan fingerprint density at radius 2 is 1.27 bits per heavy atom. The summed E-state index contributed by atoms with van der Waals surface area (Å²) in [5.74, 6) is 0.509. The number of amides is 2. The first kappa shape index (κ1) is 25.9. The van der Waals surface area contributed by atoms with E-state index in [4.69, 9.17) is 20.9 Å².